The summed E-state index contributed by atoms with van der Waals surface area (Å²) in [6.07, 6.45) is 3.13. The van der Waals surface area contributed by atoms with E-state index in [0.717, 1.165) is 10.9 Å². The van der Waals surface area contributed by atoms with E-state index in [1.165, 1.54) is 18.7 Å². The minimum atomic E-state index is -1.44. The zero-order valence-electron chi connectivity index (χ0n) is 20.1. The van der Waals surface area contributed by atoms with E-state index in [4.69, 9.17) is 11.5 Å². The standard InChI is InChI=1S/C23H32N6O6S/c1-12(24)20(31)27-16(7-8-36-2)21(32)28-17(10-19(25)30)22(33)29-18(23(34)35)9-13-11-26-15-6-4-3-5-14(13)15/h3-6,11-12,16-18,26H,7-10,24H2,1-2H3,(H2,25,30)(H,27,31)(H,28,32)(H,29,33)(H,34,35). The van der Waals surface area contributed by atoms with Crippen LogP contribution >= 0.6 is 11.8 Å². The summed E-state index contributed by atoms with van der Waals surface area (Å²) in [5.74, 6) is -3.81. The molecule has 0 spiro atoms. The molecule has 12 nitrogen and oxygen atoms in total. The Kier molecular flexibility index (Phi) is 10.7. The Hall–Kier alpha value is -3.58. The molecule has 0 aliphatic heterocycles. The Morgan fingerprint density at radius 3 is 2.22 bits per heavy atom. The molecule has 1 aromatic carbocycles. The largest absolute Gasteiger partial charge is 0.480 e. The van der Waals surface area contributed by atoms with E-state index in [-0.39, 0.29) is 12.8 Å². The first-order chi connectivity index (χ1) is 17.0. The predicted octanol–water partition coefficient (Wildman–Crippen LogP) is -0.775. The van der Waals surface area contributed by atoms with Crippen molar-refractivity contribution >= 4 is 52.3 Å². The van der Waals surface area contributed by atoms with Crippen LogP contribution in [0.5, 0.6) is 0 Å². The van der Waals surface area contributed by atoms with Crippen molar-refractivity contribution in [2.24, 2.45) is 11.5 Å². The maximum Gasteiger partial charge on any atom is 0.326 e. The number of rotatable bonds is 14. The third kappa shape index (κ3) is 8.27. The van der Waals surface area contributed by atoms with Gasteiger partial charge >= 0.3 is 5.97 Å². The molecule has 9 N–H and O–H groups in total. The molecule has 2 rings (SSSR count). The molecule has 196 valence electrons. The van der Waals surface area contributed by atoms with Gasteiger partial charge in [-0.15, -0.1) is 0 Å². The first kappa shape index (κ1) is 28.7. The van der Waals surface area contributed by atoms with Gasteiger partial charge in [0, 0.05) is 23.5 Å². The number of carbonyl (C=O) groups is 5. The number of hydrogen-bond donors (Lipinski definition) is 7. The first-order valence-corrected chi connectivity index (χ1v) is 12.6. The fraction of sp³-hybridized carbons (Fsp3) is 0.435. The van der Waals surface area contributed by atoms with Crippen LogP contribution in [-0.4, -0.2) is 75.9 Å². The lowest BCUT2D eigenvalue weighted by Gasteiger charge is -2.24. The quantitative estimate of drug-likeness (QED) is 0.168. The molecule has 0 aliphatic carbocycles. The molecule has 0 fully saturated rings. The highest BCUT2D eigenvalue weighted by Gasteiger charge is 2.31. The summed E-state index contributed by atoms with van der Waals surface area (Å²) in [7, 11) is 0. The molecule has 0 radical (unpaired) electrons. The highest BCUT2D eigenvalue weighted by Crippen LogP contribution is 2.19. The number of aromatic nitrogens is 1. The number of nitrogens with one attached hydrogen (secondary N) is 4. The van der Waals surface area contributed by atoms with E-state index in [2.05, 4.69) is 20.9 Å². The number of primary amides is 1. The van der Waals surface area contributed by atoms with Gasteiger partial charge in [-0.1, -0.05) is 18.2 Å². The Morgan fingerprint density at radius 1 is 1.00 bits per heavy atom. The zero-order chi connectivity index (χ0) is 26.8. The molecule has 4 amide bonds. The van der Waals surface area contributed by atoms with E-state index < -0.39 is 60.2 Å². The molecule has 0 saturated heterocycles. The van der Waals surface area contributed by atoms with E-state index in [0.29, 0.717) is 11.3 Å². The van der Waals surface area contributed by atoms with Gasteiger partial charge < -0.3 is 37.5 Å². The fourth-order valence-corrected chi connectivity index (χ4v) is 3.95. The number of carboxylic acids is 1. The minimum absolute atomic E-state index is 0.0386. The second-order valence-electron chi connectivity index (χ2n) is 8.33. The van der Waals surface area contributed by atoms with Crippen LogP contribution in [0.1, 0.15) is 25.3 Å². The number of aliphatic carboxylic acids is 1. The summed E-state index contributed by atoms with van der Waals surface area (Å²) in [6.45, 7) is 1.46. The molecule has 1 heterocycles. The number of H-pyrrole nitrogens is 1. The molecule has 13 heteroatoms. The van der Waals surface area contributed by atoms with E-state index in [1.807, 2.05) is 30.5 Å². The topological polar surface area (TPSA) is 209 Å². The molecule has 1 aromatic heterocycles. The fourth-order valence-electron chi connectivity index (χ4n) is 3.48. The van der Waals surface area contributed by atoms with Gasteiger partial charge in [0.25, 0.3) is 0 Å². The van der Waals surface area contributed by atoms with Gasteiger partial charge in [0.05, 0.1) is 12.5 Å². The predicted molar refractivity (Wildman–Crippen MR) is 136 cm³/mol. The van der Waals surface area contributed by atoms with Crippen LogP contribution in [-0.2, 0) is 30.4 Å². The highest BCUT2D eigenvalue weighted by atomic mass is 32.2. The van der Waals surface area contributed by atoms with Crippen molar-refractivity contribution in [3.05, 3.63) is 36.0 Å². The number of nitrogens with two attached hydrogens (primary N) is 2. The van der Waals surface area contributed by atoms with Crippen LogP contribution < -0.4 is 27.4 Å². The van der Waals surface area contributed by atoms with Crippen molar-refractivity contribution in [2.45, 2.75) is 50.4 Å². The molecule has 0 aliphatic rings. The molecule has 4 atom stereocenters. The molecule has 36 heavy (non-hydrogen) atoms. The molecule has 2 aromatic rings. The number of para-hydroxylation sites is 1. The second-order valence-corrected chi connectivity index (χ2v) is 9.31. The lowest BCUT2D eigenvalue weighted by atomic mass is 10.0. The number of aromatic amines is 1. The summed E-state index contributed by atoms with van der Waals surface area (Å²) in [6, 6.07) is 2.65. The molecular weight excluding hydrogens is 488 g/mol. The number of carbonyl (C=O) groups excluding carboxylic acids is 4. The SMILES string of the molecule is CSCCC(NC(=O)C(C)N)C(=O)NC(CC(N)=O)C(=O)NC(Cc1c[nH]c2ccccc12)C(=O)O. The summed E-state index contributed by atoms with van der Waals surface area (Å²) < 4.78 is 0. The normalized spacial score (nSPS) is 14.3. The molecule has 4 unspecified atom stereocenters. The number of amides is 4. The molecular formula is C23H32N6O6S. The van der Waals surface area contributed by atoms with Gasteiger partial charge in [-0.05, 0) is 37.0 Å². The van der Waals surface area contributed by atoms with Crippen molar-refractivity contribution < 1.29 is 29.1 Å². The Balaban J connectivity index is 2.17. The Bertz CT molecular complexity index is 1100. The third-order valence-electron chi connectivity index (χ3n) is 5.41. The number of fused-ring (bicyclic) bond motifs is 1. The van der Waals surface area contributed by atoms with Crippen molar-refractivity contribution in [1.29, 1.82) is 0 Å². The van der Waals surface area contributed by atoms with Crippen LogP contribution in [0.4, 0.5) is 0 Å². The van der Waals surface area contributed by atoms with Crippen LogP contribution in [0.15, 0.2) is 30.5 Å². The maximum atomic E-state index is 13.0. The lowest BCUT2D eigenvalue weighted by molar-refractivity contribution is -0.142. The molecule has 0 saturated carbocycles. The van der Waals surface area contributed by atoms with Gasteiger partial charge in [-0.25, -0.2) is 4.79 Å². The van der Waals surface area contributed by atoms with E-state index in [1.54, 1.807) is 6.20 Å². The Labute approximate surface area is 212 Å². The van der Waals surface area contributed by atoms with Gasteiger partial charge in [0.15, 0.2) is 0 Å². The lowest BCUT2D eigenvalue weighted by Crippen LogP contribution is -2.57. The number of carboxylic acid groups (broad SMARTS) is 1. The monoisotopic (exact) mass is 520 g/mol. The smallest absolute Gasteiger partial charge is 0.326 e. The summed E-state index contributed by atoms with van der Waals surface area (Å²) in [5, 5.41) is 17.8. The van der Waals surface area contributed by atoms with Crippen LogP contribution in [0.2, 0.25) is 0 Å². The van der Waals surface area contributed by atoms with Crippen LogP contribution in [0.25, 0.3) is 10.9 Å². The first-order valence-electron chi connectivity index (χ1n) is 11.2. The number of hydrogen-bond acceptors (Lipinski definition) is 7. The summed E-state index contributed by atoms with van der Waals surface area (Å²) in [5.41, 5.74) is 12.3. The van der Waals surface area contributed by atoms with Gasteiger partial charge in [0.1, 0.15) is 18.1 Å². The third-order valence-corrected chi connectivity index (χ3v) is 6.05. The molecule has 0 bridgehead atoms. The summed E-state index contributed by atoms with van der Waals surface area (Å²) >= 11 is 1.45. The average Bonchev–Trinajstić information content (AvgIpc) is 3.22. The van der Waals surface area contributed by atoms with Crippen molar-refractivity contribution in [3.8, 4) is 0 Å². The van der Waals surface area contributed by atoms with Crippen molar-refractivity contribution in [1.82, 2.24) is 20.9 Å². The van der Waals surface area contributed by atoms with Crippen LogP contribution in [0, 0.1) is 0 Å². The van der Waals surface area contributed by atoms with Crippen molar-refractivity contribution in [3.63, 3.8) is 0 Å². The highest BCUT2D eigenvalue weighted by molar-refractivity contribution is 7.98. The van der Waals surface area contributed by atoms with Crippen LogP contribution in [0.3, 0.4) is 0 Å². The van der Waals surface area contributed by atoms with Gasteiger partial charge in [0.2, 0.25) is 23.6 Å². The maximum absolute atomic E-state index is 13.0. The Morgan fingerprint density at radius 2 is 1.61 bits per heavy atom. The minimum Gasteiger partial charge on any atom is -0.480 e. The van der Waals surface area contributed by atoms with Gasteiger partial charge in [-0.3, -0.25) is 19.2 Å². The second kappa shape index (κ2) is 13.5. The van der Waals surface area contributed by atoms with E-state index in [9.17, 15) is 29.1 Å². The summed E-state index contributed by atoms with van der Waals surface area (Å²) in [4.78, 5) is 64.5. The average molecular weight is 521 g/mol. The van der Waals surface area contributed by atoms with E-state index >= 15 is 0 Å². The van der Waals surface area contributed by atoms with Crippen molar-refractivity contribution in [2.75, 3.05) is 12.0 Å². The number of benzene rings is 1. The number of thioether (sulfide) groups is 1. The van der Waals surface area contributed by atoms with Gasteiger partial charge in [-0.2, -0.15) is 11.8 Å². The zero-order valence-corrected chi connectivity index (χ0v) is 20.9.